The molecule has 1 aromatic carbocycles. The summed E-state index contributed by atoms with van der Waals surface area (Å²) in [6, 6.07) is 7.65. The number of aromatic nitrogens is 4. The summed E-state index contributed by atoms with van der Waals surface area (Å²) < 4.78 is 12.3. The molecule has 146 valence electrons. The summed E-state index contributed by atoms with van der Waals surface area (Å²) in [4.78, 5) is 23.8. The van der Waals surface area contributed by atoms with Gasteiger partial charge in [0.25, 0.3) is 11.7 Å². The quantitative estimate of drug-likeness (QED) is 0.691. The van der Waals surface area contributed by atoms with Crippen LogP contribution in [-0.2, 0) is 0 Å². The first-order valence-electron chi connectivity index (χ1n) is 9.25. The largest absolute Gasteiger partial charge is 0.493 e. The zero-order chi connectivity index (χ0) is 19.8. The maximum atomic E-state index is 13.2. The van der Waals surface area contributed by atoms with Crippen LogP contribution in [-0.4, -0.2) is 51.2 Å². The van der Waals surface area contributed by atoms with Crippen LogP contribution in [0.1, 0.15) is 46.5 Å². The monoisotopic (exact) mass is 381 g/mol. The van der Waals surface area contributed by atoms with Crippen molar-refractivity contribution in [2.24, 2.45) is 0 Å². The number of likely N-dealkylation sites (tertiary alicyclic amines) is 1. The summed E-state index contributed by atoms with van der Waals surface area (Å²) in [5.41, 5.74) is 2.75. The number of fused-ring (bicyclic) bond motifs is 1. The zero-order valence-corrected chi connectivity index (χ0v) is 16.5. The summed E-state index contributed by atoms with van der Waals surface area (Å²) in [5.74, 6) is 1.76. The van der Waals surface area contributed by atoms with Crippen molar-refractivity contribution in [3.63, 3.8) is 0 Å². The third-order valence-corrected chi connectivity index (χ3v) is 5.12. The fraction of sp³-hybridized carbons (Fsp3) is 0.400. The van der Waals surface area contributed by atoms with E-state index >= 15 is 0 Å². The molecule has 3 heterocycles. The molecule has 3 aromatic rings. The summed E-state index contributed by atoms with van der Waals surface area (Å²) in [7, 11) is 3.22. The van der Waals surface area contributed by atoms with Crippen molar-refractivity contribution >= 4 is 11.7 Å². The molecule has 1 atom stereocenters. The summed E-state index contributed by atoms with van der Waals surface area (Å²) in [6.45, 7) is 4.49. The molecule has 0 saturated carbocycles. The lowest BCUT2D eigenvalue weighted by molar-refractivity contribution is 0.0723. The highest BCUT2D eigenvalue weighted by Crippen LogP contribution is 2.37. The number of rotatable bonds is 4. The average molecular weight is 381 g/mol. The highest BCUT2D eigenvalue weighted by Gasteiger charge is 2.33. The van der Waals surface area contributed by atoms with Crippen molar-refractivity contribution in [2.75, 3.05) is 20.8 Å². The van der Waals surface area contributed by atoms with Crippen molar-refractivity contribution in [1.82, 2.24) is 24.5 Å². The molecule has 1 fully saturated rings. The second kappa shape index (κ2) is 7.10. The number of nitrogens with zero attached hydrogens (tertiary/aromatic N) is 5. The molecule has 1 unspecified atom stereocenters. The first-order valence-corrected chi connectivity index (χ1v) is 9.25. The lowest BCUT2D eigenvalue weighted by Gasteiger charge is -2.24. The molecule has 0 aliphatic carbocycles. The number of carbonyl (C=O) groups excluding carboxylic acids is 1. The Labute approximate surface area is 163 Å². The lowest BCUT2D eigenvalue weighted by Crippen LogP contribution is -2.31. The Morgan fingerprint density at radius 1 is 1.11 bits per heavy atom. The molecule has 1 aliphatic rings. The fourth-order valence-corrected chi connectivity index (χ4v) is 3.80. The molecule has 28 heavy (non-hydrogen) atoms. The SMILES string of the molecule is COc1ccc(C2CCCN2C(=O)c2nc3nc(C)cc(C)n3n2)cc1OC. The third-order valence-electron chi connectivity index (χ3n) is 5.12. The molecule has 1 aliphatic heterocycles. The van der Waals surface area contributed by atoms with E-state index in [1.807, 2.05) is 43.0 Å². The normalized spacial score (nSPS) is 16.6. The number of hydrogen-bond donors (Lipinski definition) is 0. The summed E-state index contributed by atoms with van der Waals surface area (Å²) >= 11 is 0. The van der Waals surface area contributed by atoms with Crippen molar-refractivity contribution in [2.45, 2.75) is 32.7 Å². The number of methoxy groups -OCH3 is 2. The third kappa shape index (κ3) is 3.04. The summed E-state index contributed by atoms with van der Waals surface area (Å²) in [6.07, 6.45) is 1.81. The van der Waals surface area contributed by atoms with Gasteiger partial charge in [-0.05, 0) is 50.5 Å². The van der Waals surface area contributed by atoms with Gasteiger partial charge in [0.15, 0.2) is 11.5 Å². The standard InChI is InChI=1S/C20H23N5O3/c1-12-10-13(2)25-20(21-12)22-18(23-25)19(26)24-9-5-6-15(24)14-7-8-16(27-3)17(11-14)28-4/h7-8,10-11,15H,5-6,9H2,1-4H3. The minimum atomic E-state index is -0.181. The Kier molecular flexibility index (Phi) is 4.62. The zero-order valence-electron chi connectivity index (χ0n) is 16.5. The number of amides is 1. The van der Waals surface area contributed by atoms with Crippen molar-refractivity contribution in [3.8, 4) is 11.5 Å². The first kappa shape index (κ1) is 18.2. The van der Waals surface area contributed by atoms with Crippen LogP contribution in [0.3, 0.4) is 0 Å². The van der Waals surface area contributed by atoms with Gasteiger partial charge < -0.3 is 14.4 Å². The molecule has 8 nitrogen and oxygen atoms in total. The molecule has 1 amide bonds. The minimum absolute atomic E-state index is 0.0466. The van der Waals surface area contributed by atoms with Gasteiger partial charge in [-0.1, -0.05) is 6.07 Å². The van der Waals surface area contributed by atoms with E-state index in [-0.39, 0.29) is 17.8 Å². The van der Waals surface area contributed by atoms with Gasteiger partial charge in [0.05, 0.1) is 20.3 Å². The van der Waals surface area contributed by atoms with Crippen LogP contribution >= 0.6 is 0 Å². The second-order valence-electron chi connectivity index (χ2n) is 6.96. The molecule has 1 saturated heterocycles. The molecule has 2 aromatic heterocycles. The van der Waals surface area contributed by atoms with Crippen LogP contribution in [0.4, 0.5) is 0 Å². The minimum Gasteiger partial charge on any atom is -0.493 e. The topological polar surface area (TPSA) is 81.9 Å². The maximum absolute atomic E-state index is 13.2. The molecule has 0 N–H and O–H groups in total. The highest BCUT2D eigenvalue weighted by atomic mass is 16.5. The Bertz CT molecular complexity index is 1050. The highest BCUT2D eigenvalue weighted by molar-refractivity contribution is 5.91. The number of carbonyl (C=O) groups is 1. The second-order valence-corrected chi connectivity index (χ2v) is 6.96. The molecular formula is C20H23N5O3. The van der Waals surface area contributed by atoms with Gasteiger partial charge in [0.2, 0.25) is 5.82 Å². The Balaban J connectivity index is 1.67. The lowest BCUT2D eigenvalue weighted by atomic mass is 10.0. The maximum Gasteiger partial charge on any atom is 0.294 e. The van der Waals surface area contributed by atoms with Gasteiger partial charge >= 0.3 is 0 Å². The Morgan fingerprint density at radius 2 is 1.89 bits per heavy atom. The van der Waals surface area contributed by atoms with E-state index in [0.29, 0.717) is 23.8 Å². The van der Waals surface area contributed by atoms with E-state index in [4.69, 9.17) is 9.47 Å². The predicted molar refractivity (Wildman–Crippen MR) is 103 cm³/mol. The Hall–Kier alpha value is -3.16. The van der Waals surface area contributed by atoms with E-state index in [1.54, 1.807) is 18.7 Å². The summed E-state index contributed by atoms with van der Waals surface area (Å²) in [5, 5.41) is 4.39. The van der Waals surface area contributed by atoms with Gasteiger partial charge in [0, 0.05) is 17.9 Å². The van der Waals surface area contributed by atoms with E-state index in [1.165, 1.54) is 0 Å². The van der Waals surface area contributed by atoms with Crippen LogP contribution in [0, 0.1) is 13.8 Å². The van der Waals surface area contributed by atoms with Crippen LogP contribution in [0.25, 0.3) is 5.78 Å². The van der Waals surface area contributed by atoms with E-state index < -0.39 is 0 Å². The first-order chi connectivity index (χ1) is 13.5. The molecule has 8 heteroatoms. The van der Waals surface area contributed by atoms with E-state index in [0.717, 1.165) is 29.8 Å². The van der Waals surface area contributed by atoms with Crippen LogP contribution in [0.15, 0.2) is 24.3 Å². The van der Waals surface area contributed by atoms with Crippen molar-refractivity contribution in [1.29, 1.82) is 0 Å². The Morgan fingerprint density at radius 3 is 2.64 bits per heavy atom. The fourth-order valence-electron chi connectivity index (χ4n) is 3.80. The van der Waals surface area contributed by atoms with E-state index in [9.17, 15) is 4.79 Å². The molecular weight excluding hydrogens is 358 g/mol. The van der Waals surface area contributed by atoms with Crippen molar-refractivity contribution < 1.29 is 14.3 Å². The van der Waals surface area contributed by atoms with Gasteiger partial charge in [-0.2, -0.15) is 4.98 Å². The number of ether oxygens (including phenoxy) is 2. The van der Waals surface area contributed by atoms with Crippen LogP contribution in [0.2, 0.25) is 0 Å². The molecule has 0 spiro atoms. The molecule has 0 radical (unpaired) electrons. The van der Waals surface area contributed by atoms with Crippen LogP contribution in [0.5, 0.6) is 11.5 Å². The smallest absolute Gasteiger partial charge is 0.294 e. The number of hydrogen-bond acceptors (Lipinski definition) is 6. The molecule has 4 rings (SSSR count). The number of benzene rings is 1. The predicted octanol–water partition coefficient (Wildman–Crippen LogP) is 2.74. The van der Waals surface area contributed by atoms with Gasteiger partial charge in [-0.3, -0.25) is 4.79 Å². The molecule has 0 bridgehead atoms. The average Bonchev–Trinajstić information content (AvgIpc) is 3.34. The van der Waals surface area contributed by atoms with E-state index in [2.05, 4.69) is 15.1 Å². The van der Waals surface area contributed by atoms with Crippen LogP contribution < -0.4 is 9.47 Å². The van der Waals surface area contributed by atoms with Gasteiger partial charge in [0.1, 0.15) is 0 Å². The van der Waals surface area contributed by atoms with Gasteiger partial charge in [-0.25, -0.2) is 9.50 Å². The number of aryl methyl sites for hydroxylation is 2. The van der Waals surface area contributed by atoms with Gasteiger partial charge in [-0.15, -0.1) is 5.10 Å². The van der Waals surface area contributed by atoms with Crippen molar-refractivity contribution in [3.05, 3.63) is 47.0 Å².